The van der Waals surface area contributed by atoms with E-state index in [0.717, 1.165) is 29.9 Å². The molecule has 0 unspecified atom stereocenters. The van der Waals surface area contributed by atoms with E-state index in [9.17, 15) is 8.42 Å². The first kappa shape index (κ1) is 18.0. The summed E-state index contributed by atoms with van der Waals surface area (Å²) in [5.41, 5.74) is 2.60. The Hall–Kier alpha value is -1.84. The monoisotopic (exact) mass is 364 g/mol. The lowest BCUT2D eigenvalue weighted by Gasteiger charge is -2.32. The van der Waals surface area contributed by atoms with Crippen LogP contribution in [0.4, 0.5) is 0 Å². The van der Waals surface area contributed by atoms with E-state index in [1.807, 2.05) is 26.1 Å². The van der Waals surface area contributed by atoms with Gasteiger partial charge < -0.3 is 0 Å². The largest absolute Gasteiger partial charge is 0.281 e. The van der Waals surface area contributed by atoms with E-state index < -0.39 is 10.2 Å². The fourth-order valence-corrected chi connectivity index (χ4v) is 4.31. The average Bonchev–Trinajstić information content (AvgIpc) is 3.00. The Balaban J connectivity index is 1.91. The molecular weight excluding hydrogens is 340 g/mol. The fourth-order valence-electron chi connectivity index (χ4n) is 3.12. The van der Waals surface area contributed by atoms with Crippen LogP contribution >= 0.6 is 0 Å². The van der Waals surface area contributed by atoms with E-state index in [1.165, 1.54) is 8.61 Å². The van der Waals surface area contributed by atoms with Gasteiger partial charge >= 0.3 is 0 Å². The molecule has 1 aliphatic heterocycles. The molecule has 3 heterocycles. The van der Waals surface area contributed by atoms with Crippen LogP contribution in [-0.2, 0) is 17.3 Å². The topological polar surface area (TPSA) is 84.2 Å². The van der Waals surface area contributed by atoms with Gasteiger partial charge in [0, 0.05) is 52.0 Å². The molecule has 136 valence electrons. The van der Waals surface area contributed by atoms with Crippen molar-refractivity contribution in [3.63, 3.8) is 0 Å². The lowest BCUT2D eigenvalue weighted by molar-refractivity contribution is 0.293. The highest BCUT2D eigenvalue weighted by atomic mass is 32.2. The van der Waals surface area contributed by atoms with Crippen molar-refractivity contribution in [2.75, 3.05) is 27.2 Å². The molecule has 9 heteroatoms. The van der Waals surface area contributed by atoms with Gasteiger partial charge in [-0.1, -0.05) is 0 Å². The van der Waals surface area contributed by atoms with Crippen molar-refractivity contribution in [3.05, 3.63) is 29.8 Å². The first-order valence-corrected chi connectivity index (χ1v) is 9.70. The quantitative estimate of drug-likeness (QED) is 0.813. The summed E-state index contributed by atoms with van der Waals surface area (Å²) in [5.74, 6) is 0.699. The summed E-state index contributed by atoms with van der Waals surface area (Å²) in [6.45, 7) is 2.88. The summed E-state index contributed by atoms with van der Waals surface area (Å²) in [4.78, 5) is 9.30. The molecule has 0 aliphatic carbocycles. The van der Waals surface area contributed by atoms with Crippen LogP contribution in [-0.4, -0.2) is 64.0 Å². The Morgan fingerprint density at radius 3 is 2.68 bits per heavy atom. The van der Waals surface area contributed by atoms with Crippen LogP contribution in [0.1, 0.15) is 30.3 Å². The van der Waals surface area contributed by atoms with Crippen molar-refractivity contribution in [3.8, 4) is 11.4 Å². The first-order chi connectivity index (χ1) is 11.8. The van der Waals surface area contributed by atoms with Crippen LogP contribution in [0.25, 0.3) is 11.4 Å². The third kappa shape index (κ3) is 3.58. The van der Waals surface area contributed by atoms with Crippen LogP contribution in [0, 0.1) is 6.92 Å². The number of hydrogen-bond acceptors (Lipinski definition) is 5. The van der Waals surface area contributed by atoms with Gasteiger partial charge in [0.2, 0.25) is 0 Å². The number of rotatable bonds is 4. The molecule has 1 fully saturated rings. The minimum Gasteiger partial charge on any atom is -0.266 e. The summed E-state index contributed by atoms with van der Waals surface area (Å²) < 4.78 is 29.4. The third-order valence-electron chi connectivity index (χ3n) is 4.49. The molecule has 0 bridgehead atoms. The Labute approximate surface area is 148 Å². The zero-order valence-electron chi connectivity index (χ0n) is 15.0. The van der Waals surface area contributed by atoms with E-state index in [4.69, 9.17) is 4.98 Å². The normalized spacial score (nSPS) is 19.5. The molecule has 0 N–H and O–H groups in total. The fraction of sp³-hybridized carbons (Fsp3) is 0.562. The van der Waals surface area contributed by atoms with Gasteiger partial charge in [0.05, 0.1) is 11.4 Å². The Morgan fingerprint density at radius 1 is 1.28 bits per heavy atom. The highest BCUT2D eigenvalue weighted by Crippen LogP contribution is 2.28. The Bertz CT molecular complexity index is 861. The second kappa shape index (κ2) is 6.81. The summed E-state index contributed by atoms with van der Waals surface area (Å²) in [6.07, 6.45) is 3.42. The number of nitrogens with zero attached hydrogens (tertiary/aromatic N) is 6. The van der Waals surface area contributed by atoms with Gasteiger partial charge in [0.1, 0.15) is 5.82 Å². The van der Waals surface area contributed by atoms with Gasteiger partial charge in [-0.05, 0) is 31.9 Å². The second-order valence-corrected chi connectivity index (χ2v) is 8.72. The molecule has 0 spiro atoms. The average molecular weight is 364 g/mol. The van der Waals surface area contributed by atoms with Crippen LogP contribution in [0.2, 0.25) is 0 Å². The zero-order chi connectivity index (χ0) is 18.2. The SMILES string of the molecule is Cc1cc(-c2ccnn2C)nc([C@H]2CCCN(S(=O)(=O)N(C)C)C2)n1. The molecule has 3 rings (SSSR count). The molecule has 8 nitrogen and oxygen atoms in total. The van der Waals surface area contributed by atoms with Gasteiger partial charge in [-0.15, -0.1) is 0 Å². The van der Waals surface area contributed by atoms with Crippen molar-refractivity contribution in [2.24, 2.45) is 7.05 Å². The Kier molecular flexibility index (Phi) is 4.90. The summed E-state index contributed by atoms with van der Waals surface area (Å²) in [5, 5.41) is 4.19. The molecule has 2 aromatic rings. The minimum absolute atomic E-state index is 0.00430. The molecular formula is C16H24N6O2S. The molecule has 0 amide bonds. The van der Waals surface area contributed by atoms with Crippen LogP contribution in [0.3, 0.4) is 0 Å². The van der Waals surface area contributed by atoms with Gasteiger partial charge in [-0.25, -0.2) is 9.97 Å². The smallest absolute Gasteiger partial charge is 0.266 e. The van der Waals surface area contributed by atoms with Crippen LogP contribution < -0.4 is 0 Å². The molecule has 25 heavy (non-hydrogen) atoms. The van der Waals surface area contributed by atoms with Crippen LogP contribution in [0.5, 0.6) is 0 Å². The maximum Gasteiger partial charge on any atom is 0.281 e. The van der Waals surface area contributed by atoms with Crippen molar-refractivity contribution in [1.29, 1.82) is 0 Å². The number of aryl methyl sites for hydroxylation is 2. The van der Waals surface area contributed by atoms with Crippen LogP contribution in [0.15, 0.2) is 18.3 Å². The zero-order valence-corrected chi connectivity index (χ0v) is 15.9. The number of piperidine rings is 1. The van der Waals surface area contributed by atoms with Gasteiger partial charge in [0.25, 0.3) is 10.2 Å². The molecule has 1 atom stereocenters. The second-order valence-electron chi connectivity index (χ2n) is 6.58. The predicted octanol–water partition coefficient (Wildman–Crippen LogP) is 1.17. The van der Waals surface area contributed by atoms with Gasteiger partial charge in [-0.3, -0.25) is 4.68 Å². The van der Waals surface area contributed by atoms with E-state index >= 15 is 0 Å². The molecule has 0 aromatic carbocycles. The number of hydrogen-bond donors (Lipinski definition) is 0. The standard InChI is InChI=1S/C16H24N6O2S/c1-12-10-14(15-7-8-17-21(15)4)19-16(18-12)13-6-5-9-22(11-13)25(23,24)20(2)3/h7-8,10,13H,5-6,9,11H2,1-4H3/t13-/m0/s1. The first-order valence-electron chi connectivity index (χ1n) is 8.30. The molecule has 0 radical (unpaired) electrons. The summed E-state index contributed by atoms with van der Waals surface area (Å²) >= 11 is 0. The molecule has 1 saturated heterocycles. The van der Waals surface area contributed by atoms with Crippen molar-refractivity contribution >= 4 is 10.2 Å². The molecule has 2 aromatic heterocycles. The highest BCUT2D eigenvalue weighted by molar-refractivity contribution is 7.86. The maximum absolute atomic E-state index is 12.4. The number of aromatic nitrogens is 4. The Morgan fingerprint density at radius 2 is 2.04 bits per heavy atom. The van der Waals surface area contributed by atoms with Gasteiger partial charge in [0.15, 0.2) is 0 Å². The third-order valence-corrected chi connectivity index (χ3v) is 6.40. The van der Waals surface area contributed by atoms with E-state index in [0.29, 0.717) is 18.9 Å². The predicted molar refractivity (Wildman–Crippen MR) is 95.1 cm³/mol. The molecule has 1 aliphatic rings. The lowest BCUT2D eigenvalue weighted by atomic mass is 9.98. The lowest BCUT2D eigenvalue weighted by Crippen LogP contribution is -2.45. The summed E-state index contributed by atoms with van der Waals surface area (Å²) in [7, 11) is 1.58. The minimum atomic E-state index is -3.41. The van der Waals surface area contributed by atoms with Crippen molar-refractivity contribution in [1.82, 2.24) is 28.4 Å². The maximum atomic E-state index is 12.4. The molecule has 0 saturated carbocycles. The van der Waals surface area contributed by atoms with Crippen molar-refractivity contribution in [2.45, 2.75) is 25.7 Å². The van der Waals surface area contributed by atoms with E-state index in [2.05, 4.69) is 10.1 Å². The summed E-state index contributed by atoms with van der Waals surface area (Å²) in [6, 6.07) is 3.84. The van der Waals surface area contributed by atoms with Gasteiger partial charge in [-0.2, -0.15) is 22.1 Å². The van der Waals surface area contributed by atoms with E-state index in [-0.39, 0.29) is 5.92 Å². The highest BCUT2D eigenvalue weighted by Gasteiger charge is 2.32. The van der Waals surface area contributed by atoms with Crippen molar-refractivity contribution < 1.29 is 8.42 Å². The van der Waals surface area contributed by atoms with E-state index in [1.54, 1.807) is 25.0 Å².